The Bertz CT molecular complexity index is 76.2. The fourth-order valence-electron chi connectivity index (χ4n) is 0.300. The quantitative estimate of drug-likeness (QED) is 0.438. The Morgan fingerprint density at radius 1 is 1.40 bits per heavy atom. The van der Waals surface area contributed by atoms with Crippen LogP contribution in [0.5, 0.6) is 0 Å². The number of aliphatic hydroxyl groups is 1. The van der Waals surface area contributed by atoms with Crippen molar-refractivity contribution in [3.05, 3.63) is 0 Å². The van der Waals surface area contributed by atoms with Crippen LogP contribution in [0.1, 0.15) is 6.92 Å². The van der Waals surface area contributed by atoms with Crippen molar-refractivity contribution in [1.82, 2.24) is 0 Å². The fourth-order valence-corrected chi connectivity index (χ4v) is 0.300. The number of nitrogens with zero attached hydrogens (tertiary/aromatic N) is 1. The average Bonchev–Trinajstić information content (AvgIpc) is 1.63. The molecular weight excluding hydrogens is 130 g/mol. The van der Waals surface area contributed by atoms with Crippen molar-refractivity contribution in [2.24, 2.45) is 0 Å². The summed E-state index contributed by atoms with van der Waals surface area (Å²) in [5.74, 6) is 0. The van der Waals surface area contributed by atoms with Crippen LogP contribution in [0, 0.1) is 0 Å². The maximum absolute atomic E-state index is 8.81. The predicted octanol–water partition coefficient (Wildman–Crippen LogP) is -0.110. The van der Waals surface area contributed by atoms with E-state index in [9.17, 15) is 0 Å². The van der Waals surface area contributed by atoms with Gasteiger partial charge in [0, 0.05) is 0 Å². The number of hydrogen-bond donors (Lipinski definition) is 1. The molecule has 0 aliphatic heterocycles. The van der Waals surface area contributed by atoms with E-state index < -0.39 is 0 Å². The number of rotatable bonds is 2. The van der Waals surface area contributed by atoms with Gasteiger partial charge in [-0.1, -0.05) is 0 Å². The van der Waals surface area contributed by atoms with Crippen LogP contribution in [0.3, 0.4) is 0 Å². The van der Waals surface area contributed by atoms with Crippen LogP contribution in [0.4, 0.5) is 0 Å². The zero-order valence-corrected chi connectivity index (χ0v) is 7.29. The smallest absolute Gasteiger partial charge is 0.116 e. The normalized spacial score (nSPS) is 9.70. The van der Waals surface area contributed by atoms with E-state index in [1.807, 2.05) is 0 Å². The molecule has 0 fully saturated rings. The van der Waals surface area contributed by atoms with Gasteiger partial charge >= 0.3 is 0 Å². The summed E-state index contributed by atoms with van der Waals surface area (Å²) in [5, 5.41) is 8.39. The van der Waals surface area contributed by atoms with Crippen molar-refractivity contribution in [1.29, 1.82) is 0 Å². The highest BCUT2D eigenvalue weighted by Gasteiger charge is 2.02. The van der Waals surface area contributed by atoms with Gasteiger partial charge in [-0.15, -0.1) is 0 Å². The van der Waals surface area contributed by atoms with Gasteiger partial charge in [-0.2, -0.15) is 0 Å². The zero-order valence-electron chi connectivity index (χ0n) is 7.29. The van der Waals surface area contributed by atoms with Crippen molar-refractivity contribution in [3.8, 4) is 0 Å². The first kappa shape index (κ1) is 12.3. The molecule has 3 heteroatoms. The molecule has 0 radical (unpaired) electrons. The minimum absolute atomic E-state index is 0.281. The van der Waals surface area contributed by atoms with Crippen LogP contribution in [-0.2, 0) is 4.79 Å². The molecule has 0 aromatic carbocycles. The summed E-state index contributed by atoms with van der Waals surface area (Å²) in [6.45, 7) is 2.56. The number of hydrogen-bond acceptors (Lipinski definition) is 2. The summed E-state index contributed by atoms with van der Waals surface area (Å²) in [4.78, 5) is 8.81. The number of aliphatic hydroxyl groups excluding tert-OH is 1. The molecule has 1 N–H and O–H groups in total. The number of quaternary nitrogens is 1. The van der Waals surface area contributed by atoms with Crippen LogP contribution in [0.2, 0.25) is 0 Å². The largest absolute Gasteiger partial charge is 0.391 e. The highest BCUT2D eigenvalue weighted by molar-refractivity contribution is 5.44. The first-order valence-electron chi connectivity index (χ1n) is 3.29. The number of carbonyl (C=O) groups excluding carboxylic acids is 1. The van der Waals surface area contributed by atoms with E-state index >= 15 is 0 Å². The molecule has 62 valence electrons. The Morgan fingerprint density at radius 2 is 1.70 bits per heavy atom. The maximum atomic E-state index is 8.81. The number of likely N-dealkylation sites (N-methyl/N-ethyl adjacent to an activating group) is 1. The summed E-state index contributed by atoms with van der Waals surface area (Å²) in [5.41, 5.74) is 0. The molecule has 0 aromatic heterocycles. The fraction of sp³-hybridized carbons (Fsp3) is 0.857. The Labute approximate surface area is 62.9 Å². The lowest BCUT2D eigenvalue weighted by atomic mass is 10.5. The summed E-state index contributed by atoms with van der Waals surface area (Å²) in [6, 6.07) is 0. The number of carbonyl (C=O) groups is 1. The van der Waals surface area contributed by atoms with Gasteiger partial charge in [-0.05, 0) is 6.92 Å². The van der Waals surface area contributed by atoms with Crippen molar-refractivity contribution in [2.75, 3.05) is 34.3 Å². The first-order valence-corrected chi connectivity index (χ1v) is 3.29. The third-order valence-corrected chi connectivity index (χ3v) is 0.771. The second kappa shape index (κ2) is 6.71. The Kier molecular flexibility index (Phi) is 8.24. The molecule has 0 heterocycles. The predicted molar refractivity (Wildman–Crippen MR) is 41.7 cm³/mol. The summed E-state index contributed by atoms with van der Waals surface area (Å²) < 4.78 is 0.844. The van der Waals surface area contributed by atoms with Gasteiger partial charge in [0.25, 0.3) is 0 Å². The molecule has 0 amide bonds. The zero-order chi connectivity index (χ0) is 8.62. The van der Waals surface area contributed by atoms with Crippen molar-refractivity contribution in [3.63, 3.8) is 0 Å². The molecule has 0 atom stereocenters. The highest BCUT2D eigenvalue weighted by atomic mass is 16.3. The molecule has 0 aliphatic rings. The molecule has 3 nitrogen and oxygen atoms in total. The summed E-state index contributed by atoms with van der Waals surface area (Å²) in [6.07, 6.45) is 0.750. The van der Waals surface area contributed by atoms with Crippen LogP contribution in [0.15, 0.2) is 0 Å². The minimum atomic E-state index is 0.281. The van der Waals surface area contributed by atoms with Crippen LogP contribution >= 0.6 is 0 Å². The lowest BCUT2D eigenvalue weighted by Gasteiger charge is -2.21. The van der Waals surface area contributed by atoms with Crippen molar-refractivity contribution >= 4 is 6.29 Å². The molecule has 0 saturated heterocycles. The highest BCUT2D eigenvalue weighted by Crippen LogP contribution is 1.84. The van der Waals surface area contributed by atoms with E-state index in [-0.39, 0.29) is 6.61 Å². The second-order valence-corrected chi connectivity index (χ2v) is 2.97. The Balaban J connectivity index is 0. The Morgan fingerprint density at radius 3 is 1.70 bits per heavy atom. The molecule has 0 bridgehead atoms. The van der Waals surface area contributed by atoms with E-state index in [1.165, 1.54) is 6.92 Å². The molecule has 10 heavy (non-hydrogen) atoms. The SMILES string of the molecule is CC=O.C[N+](C)(C)CCO. The monoisotopic (exact) mass is 148 g/mol. The van der Waals surface area contributed by atoms with Gasteiger partial charge in [-0.25, -0.2) is 0 Å². The molecule has 0 spiro atoms. The van der Waals surface area contributed by atoms with Gasteiger partial charge in [0.2, 0.25) is 0 Å². The standard InChI is InChI=1S/C5H14NO.C2H4O/c1-6(2,3)4-5-7;1-2-3/h7H,4-5H2,1-3H3;2H,1H3/q+1;. The number of aldehydes is 1. The third-order valence-electron chi connectivity index (χ3n) is 0.771. The van der Waals surface area contributed by atoms with E-state index in [0.29, 0.717) is 0 Å². The maximum Gasteiger partial charge on any atom is 0.116 e. The third kappa shape index (κ3) is 25.6. The minimum Gasteiger partial charge on any atom is -0.391 e. The molecule has 0 rings (SSSR count). The molecule has 0 aromatic rings. The van der Waals surface area contributed by atoms with Crippen LogP contribution in [0.25, 0.3) is 0 Å². The van der Waals surface area contributed by atoms with Crippen molar-refractivity contribution in [2.45, 2.75) is 6.92 Å². The Hall–Kier alpha value is -0.410. The molecular formula is C7H18NO2+. The molecule has 0 unspecified atom stereocenters. The van der Waals surface area contributed by atoms with E-state index in [4.69, 9.17) is 9.90 Å². The van der Waals surface area contributed by atoms with Gasteiger partial charge in [-0.3, -0.25) is 0 Å². The van der Waals surface area contributed by atoms with E-state index in [1.54, 1.807) is 0 Å². The lowest BCUT2D eigenvalue weighted by molar-refractivity contribution is -0.870. The summed E-state index contributed by atoms with van der Waals surface area (Å²) >= 11 is 0. The van der Waals surface area contributed by atoms with E-state index in [2.05, 4.69) is 21.1 Å². The van der Waals surface area contributed by atoms with Gasteiger partial charge in [0.1, 0.15) is 12.8 Å². The van der Waals surface area contributed by atoms with Gasteiger partial charge < -0.3 is 14.4 Å². The molecule has 0 aliphatic carbocycles. The van der Waals surface area contributed by atoms with Crippen LogP contribution < -0.4 is 0 Å². The molecule has 0 saturated carbocycles. The van der Waals surface area contributed by atoms with Gasteiger partial charge in [0.05, 0.1) is 27.7 Å². The van der Waals surface area contributed by atoms with E-state index in [0.717, 1.165) is 17.3 Å². The average molecular weight is 148 g/mol. The van der Waals surface area contributed by atoms with Gasteiger partial charge in [0.15, 0.2) is 0 Å². The first-order chi connectivity index (χ1) is 4.47. The van der Waals surface area contributed by atoms with Crippen LogP contribution in [-0.4, -0.2) is 50.2 Å². The van der Waals surface area contributed by atoms with Crippen molar-refractivity contribution < 1.29 is 14.4 Å². The second-order valence-electron chi connectivity index (χ2n) is 2.97. The summed E-state index contributed by atoms with van der Waals surface area (Å²) in [7, 11) is 6.16. The topological polar surface area (TPSA) is 37.3 Å². The lowest BCUT2D eigenvalue weighted by Crippen LogP contribution is -2.36.